The molecule has 1 aliphatic rings. The van der Waals surface area contributed by atoms with E-state index < -0.39 is 5.41 Å². The first-order valence-corrected chi connectivity index (χ1v) is 12.0. The molecule has 0 saturated heterocycles. The molecule has 7 rings (SSSR count). The van der Waals surface area contributed by atoms with Gasteiger partial charge in [0, 0.05) is 22.1 Å². The van der Waals surface area contributed by atoms with Crippen molar-refractivity contribution in [2.24, 2.45) is 0 Å². The summed E-state index contributed by atoms with van der Waals surface area (Å²) < 4.78 is 0. The summed E-state index contributed by atoms with van der Waals surface area (Å²) in [5.74, 6) is 0. The molecular weight excluding hydrogens is 424 g/mol. The smallest absolute Gasteiger partial charge is 0.0725 e. The van der Waals surface area contributed by atoms with Crippen LogP contribution >= 0.6 is 0 Å². The molecule has 6 aromatic carbocycles. The van der Waals surface area contributed by atoms with Crippen molar-refractivity contribution in [3.8, 4) is 11.1 Å². The van der Waals surface area contributed by atoms with Gasteiger partial charge in [-0.1, -0.05) is 109 Å². The van der Waals surface area contributed by atoms with E-state index in [9.17, 15) is 0 Å². The highest BCUT2D eigenvalue weighted by molar-refractivity contribution is 6.03. The van der Waals surface area contributed by atoms with E-state index in [0.717, 1.165) is 22.1 Å². The minimum Gasteiger partial charge on any atom is -0.398 e. The highest BCUT2D eigenvalue weighted by Crippen LogP contribution is 2.58. The van der Waals surface area contributed by atoms with Crippen molar-refractivity contribution in [1.29, 1.82) is 0 Å². The highest BCUT2D eigenvalue weighted by Gasteiger charge is 2.47. The fourth-order valence-corrected chi connectivity index (χ4v) is 6.26. The van der Waals surface area contributed by atoms with E-state index >= 15 is 0 Å². The Hall–Kier alpha value is -4.56. The summed E-state index contributed by atoms with van der Waals surface area (Å²) in [4.78, 5) is 0. The van der Waals surface area contributed by atoms with E-state index in [1.54, 1.807) is 0 Å². The molecule has 0 aliphatic heterocycles. The van der Waals surface area contributed by atoms with Gasteiger partial charge < -0.3 is 11.5 Å². The molecule has 0 heterocycles. The summed E-state index contributed by atoms with van der Waals surface area (Å²) in [5.41, 5.74) is 21.6. The molecule has 0 radical (unpaired) electrons. The van der Waals surface area contributed by atoms with Gasteiger partial charge in [-0.2, -0.15) is 0 Å². The van der Waals surface area contributed by atoms with Gasteiger partial charge in [0.2, 0.25) is 0 Å². The zero-order valence-electron chi connectivity index (χ0n) is 19.2. The second-order valence-electron chi connectivity index (χ2n) is 9.34. The van der Waals surface area contributed by atoms with Gasteiger partial charge in [0.05, 0.1) is 5.41 Å². The minimum absolute atomic E-state index is 0.520. The van der Waals surface area contributed by atoms with Gasteiger partial charge in [0.15, 0.2) is 0 Å². The van der Waals surface area contributed by atoms with Crippen LogP contribution in [0, 0.1) is 0 Å². The zero-order chi connectivity index (χ0) is 23.6. The van der Waals surface area contributed by atoms with E-state index in [4.69, 9.17) is 11.5 Å². The lowest BCUT2D eigenvalue weighted by Gasteiger charge is -2.36. The maximum atomic E-state index is 6.49. The normalized spacial score (nSPS) is 13.6. The van der Waals surface area contributed by atoms with E-state index in [0.29, 0.717) is 0 Å². The molecule has 35 heavy (non-hydrogen) atoms. The van der Waals surface area contributed by atoms with Crippen molar-refractivity contribution in [2.75, 3.05) is 11.5 Å². The SMILES string of the molecule is Nc1ccc(C2(c3ccc(N)c4ccccc34)c3ccccc3-c3ccccc32)c2ccccc12. The predicted octanol–water partition coefficient (Wildman–Crippen LogP) is 7.52. The number of rotatable bonds is 2. The number of benzene rings is 6. The molecule has 0 amide bonds. The van der Waals surface area contributed by atoms with Crippen LogP contribution in [0.1, 0.15) is 22.3 Å². The molecule has 0 saturated carbocycles. The molecule has 166 valence electrons. The lowest BCUT2D eigenvalue weighted by atomic mass is 9.65. The molecule has 0 spiro atoms. The predicted molar refractivity (Wildman–Crippen MR) is 148 cm³/mol. The first-order valence-electron chi connectivity index (χ1n) is 12.0. The van der Waals surface area contributed by atoms with Crippen molar-refractivity contribution in [3.63, 3.8) is 0 Å². The Morgan fingerprint density at radius 1 is 0.343 bits per heavy atom. The first-order chi connectivity index (χ1) is 17.2. The molecule has 1 aliphatic carbocycles. The topological polar surface area (TPSA) is 52.0 Å². The van der Waals surface area contributed by atoms with Crippen molar-refractivity contribution in [3.05, 3.63) is 144 Å². The van der Waals surface area contributed by atoms with Crippen LogP contribution < -0.4 is 11.5 Å². The van der Waals surface area contributed by atoms with Crippen molar-refractivity contribution in [1.82, 2.24) is 0 Å². The van der Waals surface area contributed by atoms with Gasteiger partial charge in [-0.3, -0.25) is 0 Å². The van der Waals surface area contributed by atoms with E-state index in [1.165, 1.54) is 44.2 Å². The monoisotopic (exact) mass is 448 g/mol. The Morgan fingerprint density at radius 3 is 1.17 bits per heavy atom. The van der Waals surface area contributed by atoms with Crippen LogP contribution in [0.2, 0.25) is 0 Å². The summed E-state index contributed by atoms with van der Waals surface area (Å²) in [6.45, 7) is 0. The van der Waals surface area contributed by atoms with Gasteiger partial charge in [0.25, 0.3) is 0 Å². The largest absolute Gasteiger partial charge is 0.398 e. The van der Waals surface area contributed by atoms with E-state index in [2.05, 4.69) is 121 Å². The van der Waals surface area contributed by atoms with Crippen LogP contribution in [0.25, 0.3) is 32.7 Å². The number of anilines is 2. The average Bonchev–Trinajstić information content (AvgIpc) is 3.21. The Labute approximate surface area is 204 Å². The van der Waals surface area contributed by atoms with Gasteiger partial charge >= 0.3 is 0 Å². The van der Waals surface area contributed by atoms with Crippen LogP contribution in [0.4, 0.5) is 11.4 Å². The molecule has 0 atom stereocenters. The molecule has 0 unspecified atom stereocenters. The average molecular weight is 449 g/mol. The van der Waals surface area contributed by atoms with Crippen molar-refractivity contribution < 1.29 is 0 Å². The fourth-order valence-electron chi connectivity index (χ4n) is 6.26. The molecular formula is C33H24N2. The van der Waals surface area contributed by atoms with Gasteiger partial charge in [-0.05, 0) is 56.3 Å². The third-order valence-corrected chi connectivity index (χ3v) is 7.68. The second-order valence-corrected chi connectivity index (χ2v) is 9.34. The standard InChI is InChI=1S/C33H24N2/c34-31-19-17-29(23-11-1-3-13-25(23)31)33(30-18-20-32(35)26-14-4-2-12-24(26)30)27-15-7-5-9-21(27)22-10-6-8-16-28(22)33/h1-20H,34-35H2. The van der Waals surface area contributed by atoms with E-state index in [-0.39, 0.29) is 0 Å². The number of nitrogens with two attached hydrogens (primary N) is 2. The maximum Gasteiger partial charge on any atom is 0.0725 e. The number of nitrogen functional groups attached to an aromatic ring is 2. The quantitative estimate of drug-likeness (QED) is 0.269. The summed E-state index contributed by atoms with van der Waals surface area (Å²) >= 11 is 0. The second kappa shape index (κ2) is 7.22. The Kier molecular flexibility index (Phi) is 4.10. The number of hydrogen-bond acceptors (Lipinski definition) is 2. The lowest BCUT2D eigenvalue weighted by Crippen LogP contribution is -2.29. The van der Waals surface area contributed by atoms with Crippen LogP contribution in [-0.4, -0.2) is 0 Å². The number of hydrogen-bond donors (Lipinski definition) is 2. The first kappa shape index (κ1) is 19.9. The molecule has 2 heteroatoms. The molecule has 0 aromatic heterocycles. The zero-order valence-corrected chi connectivity index (χ0v) is 19.2. The van der Waals surface area contributed by atoms with Gasteiger partial charge in [-0.15, -0.1) is 0 Å². The van der Waals surface area contributed by atoms with Crippen LogP contribution in [0.5, 0.6) is 0 Å². The van der Waals surface area contributed by atoms with Gasteiger partial charge in [0.1, 0.15) is 0 Å². The summed E-state index contributed by atoms with van der Waals surface area (Å²) in [6.07, 6.45) is 0. The fraction of sp³-hybridized carbons (Fsp3) is 0.0303. The van der Waals surface area contributed by atoms with Crippen LogP contribution in [0.15, 0.2) is 121 Å². The molecule has 2 nitrogen and oxygen atoms in total. The molecule has 4 N–H and O–H groups in total. The van der Waals surface area contributed by atoms with E-state index in [1.807, 2.05) is 0 Å². The summed E-state index contributed by atoms with van der Waals surface area (Å²) in [7, 11) is 0. The maximum absolute atomic E-state index is 6.49. The van der Waals surface area contributed by atoms with Crippen LogP contribution in [-0.2, 0) is 5.41 Å². The van der Waals surface area contributed by atoms with Crippen molar-refractivity contribution >= 4 is 32.9 Å². The lowest BCUT2D eigenvalue weighted by molar-refractivity contribution is 0.785. The molecule has 0 bridgehead atoms. The molecule has 6 aromatic rings. The van der Waals surface area contributed by atoms with Crippen LogP contribution in [0.3, 0.4) is 0 Å². The highest BCUT2D eigenvalue weighted by atomic mass is 14.6. The Balaban J connectivity index is 1.76. The summed E-state index contributed by atoms with van der Waals surface area (Å²) in [6, 6.07) is 43.2. The third kappa shape index (κ3) is 2.54. The molecule has 0 fully saturated rings. The summed E-state index contributed by atoms with van der Waals surface area (Å²) in [5, 5.41) is 4.48. The Morgan fingerprint density at radius 2 is 0.714 bits per heavy atom. The number of fused-ring (bicyclic) bond motifs is 5. The van der Waals surface area contributed by atoms with Gasteiger partial charge in [-0.25, -0.2) is 0 Å². The van der Waals surface area contributed by atoms with Crippen molar-refractivity contribution in [2.45, 2.75) is 5.41 Å². The Bertz CT molecular complexity index is 1650. The third-order valence-electron chi connectivity index (χ3n) is 7.68. The minimum atomic E-state index is -0.520.